The van der Waals surface area contributed by atoms with Gasteiger partial charge in [-0.2, -0.15) is 0 Å². The molecular weight excluding hydrogens is 296 g/mol. The lowest BCUT2D eigenvalue weighted by Crippen LogP contribution is -2.22. The number of benzene rings is 1. The molecule has 1 aliphatic heterocycles. The van der Waals surface area contributed by atoms with E-state index in [2.05, 4.69) is 0 Å². The van der Waals surface area contributed by atoms with E-state index in [0.717, 1.165) is 6.42 Å². The number of carboxylic acid groups (broad SMARTS) is 1. The van der Waals surface area contributed by atoms with E-state index in [1.54, 1.807) is 12.1 Å². The highest BCUT2D eigenvalue weighted by Crippen LogP contribution is 2.40. The molecule has 2 unspecified atom stereocenters. The van der Waals surface area contributed by atoms with Crippen LogP contribution in [0, 0.1) is 5.92 Å². The number of fused-ring (bicyclic) bond motifs is 1. The summed E-state index contributed by atoms with van der Waals surface area (Å²) in [6, 6.07) is 3.16. The number of carboxylic acids is 1. The van der Waals surface area contributed by atoms with E-state index < -0.39 is 18.0 Å². The summed E-state index contributed by atoms with van der Waals surface area (Å²) in [5.41, 5.74) is 0.435. The molecule has 2 rings (SSSR count). The second-order valence-corrected chi connectivity index (χ2v) is 5.47. The van der Waals surface area contributed by atoms with Crippen molar-refractivity contribution in [1.29, 1.82) is 0 Å². The van der Waals surface area contributed by atoms with Crippen molar-refractivity contribution in [2.45, 2.75) is 32.3 Å². The van der Waals surface area contributed by atoms with Crippen LogP contribution in [0.5, 0.6) is 11.5 Å². The van der Waals surface area contributed by atoms with Crippen molar-refractivity contribution in [3.63, 3.8) is 0 Å². The maximum Gasteiger partial charge on any atom is 0.309 e. The van der Waals surface area contributed by atoms with E-state index in [0.29, 0.717) is 48.1 Å². The van der Waals surface area contributed by atoms with Crippen molar-refractivity contribution in [1.82, 2.24) is 0 Å². The van der Waals surface area contributed by atoms with Gasteiger partial charge >= 0.3 is 5.97 Å². The molecule has 0 amide bonds. The average Bonchev–Trinajstić information content (AvgIpc) is 2.69. The van der Waals surface area contributed by atoms with E-state index in [9.17, 15) is 15.0 Å². The van der Waals surface area contributed by atoms with Gasteiger partial charge in [-0.1, -0.05) is 24.9 Å². The van der Waals surface area contributed by atoms with Crippen LogP contribution in [0.2, 0.25) is 5.02 Å². The predicted molar refractivity (Wildman–Crippen MR) is 78.1 cm³/mol. The number of halogens is 1. The first-order valence-corrected chi connectivity index (χ1v) is 7.42. The minimum Gasteiger partial charge on any atom is -0.489 e. The van der Waals surface area contributed by atoms with Crippen molar-refractivity contribution in [2.75, 3.05) is 13.2 Å². The molecule has 1 aromatic rings. The largest absolute Gasteiger partial charge is 0.489 e. The van der Waals surface area contributed by atoms with Crippen molar-refractivity contribution >= 4 is 17.6 Å². The minimum atomic E-state index is -1.13. The lowest BCUT2D eigenvalue weighted by molar-refractivity contribution is -0.146. The summed E-state index contributed by atoms with van der Waals surface area (Å²) < 4.78 is 11.1. The molecule has 0 saturated heterocycles. The van der Waals surface area contributed by atoms with Crippen molar-refractivity contribution in [3.05, 3.63) is 22.7 Å². The molecule has 0 fully saturated rings. The van der Waals surface area contributed by atoms with Gasteiger partial charge in [0.05, 0.1) is 30.3 Å². The number of hydrogen-bond donors (Lipinski definition) is 2. The fraction of sp³-hybridized carbons (Fsp3) is 0.533. The van der Waals surface area contributed by atoms with Gasteiger partial charge in [-0.05, 0) is 24.1 Å². The molecule has 6 heteroatoms. The SMILES string of the molecule is CCCC(C(=O)O)C(O)c1cc(Cl)c2c(c1)OCCCO2. The molecule has 2 atom stereocenters. The highest BCUT2D eigenvalue weighted by molar-refractivity contribution is 6.32. The minimum absolute atomic E-state index is 0.323. The first-order chi connectivity index (χ1) is 10.0. The molecule has 116 valence electrons. The quantitative estimate of drug-likeness (QED) is 0.873. The third kappa shape index (κ3) is 3.60. The van der Waals surface area contributed by atoms with E-state index in [1.165, 1.54) is 0 Å². The third-order valence-corrected chi connectivity index (χ3v) is 3.74. The molecule has 0 radical (unpaired) electrons. The van der Waals surface area contributed by atoms with Crippen LogP contribution in [0.4, 0.5) is 0 Å². The van der Waals surface area contributed by atoms with Gasteiger partial charge in [0.1, 0.15) is 0 Å². The normalized spacial score (nSPS) is 16.9. The standard InChI is InChI=1S/C15H19ClO5/c1-2-4-10(15(18)19)13(17)9-7-11(16)14-12(8-9)20-5-3-6-21-14/h7-8,10,13,17H,2-6H2,1H3,(H,18,19). The Balaban J connectivity index is 2.33. The average molecular weight is 315 g/mol. The number of aliphatic hydroxyl groups excluding tert-OH is 1. The van der Waals surface area contributed by atoms with E-state index in [4.69, 9.17) is 21.1 Å². The Hall–Kier alpha value is -1.46. The smallest absolute Gasteiger partial charge is 0.309 e. The van der Waals surface area contributed by atoms with Gasteiger partial charge in [0.25, 0.3) is 0 Å². The predicted octanol–water partition coefficient (Wildman–Crippen LogP) is 3.04. The zero-order valence-corrected chi connectivity index (χ0v) is 12.6. The zero-order valence-electron chi connectivity index (χ0n) is 11.8. The summed E-state index contributed by atoms with van der Waals surface area (Å²) in [5, 5.41) is 19.9. The number of aliphatic hydroxyl groups is 1. The Morgan fingerprint density at radius 3 is 2.76 bits per heavy atom. The lowest BCUT2D eigenvalue weighted by atomic mass is 9.92. The second kappa shape index (κ2) is 7.00. The summed E-state index contributed by atoms with van der Waals surface area (Å²) in [7, 11) is 0. The Kier molecular flexibility index (Phi) is 5.31. The fourth-order valence-electron chi connectivity index (χ4n) is 2.38. The molecule has 1 aromatic carbocycles. The number of rotatable bonds is 5. The molecule has 0 aliphatic carbocycles. The van der Waals surface area contributed by atoms with Gasteiger partial charge in [-0.15, -0.1) is 0 Å². The molecule has 0 spiro atoms. The monoisotopic (exact) mass is 314 g/mol. The van der Waals surface area contributed by atoms with Crippen LogP contribution < -0.4 is 9.47 Å². The number of hydrogen-bond acceptors (Lipinski definition) is 4. The van der Waals surface area contributed by atoms with Crippen LogP contribution in [0.1, 0.15) is 37.9 Å². The van der Waals surface area contributed by atoms with Crippen molar-refractivity contribution in [2.24, 2.45) is 5.92 Å². The summed E-state index contributed by atoms with van der Waals surface area (Å²) in [6.45, 7) is 2.89. The molecule has 0 bridgehead atoms. The maximum absolute atomic E-state index is 11.3. The second-order valence-electron chi connectivity index (χ2n) is 5.06. The molecule has 1 aliphatic rings. The number of carbonyl (C=O) groups is 1. The Bertz CT molecular complexity index is 517. The molecule has 21 heavy (non-hydrogen) atoms. The van der Waals surface area contributed by atoms with Crippen LogP contribution >= 0.6 is 11.6 Å². The summed E-state index contributed by atoms with van der Waals surface area (Å²) >= 11 is 6.16. The van der Waals surface area contributed by atoms with E-state index in [1.807, 2.05) is 6.92 Å². The topological polar surface area (TPSA) is 76.0 Å². The highest BCUT2D eigenvalue weighted by atomic mass is 35.5. The van der Waals surface area contributed by atoms with E-state index in [-0.39, 0.29) is 0 Å². The molecule has 0 aromatic heterocycles. The third-order valence-electron chi connectivity index (χ3n) is 3.46. The van der Waals surface area contributed by atoms with Crippen LogP contribution in [0.25, 0.3) is 0 Å². The molecule has 2 N–H and O–H groups in total. The lowest BCUT2D eigenvalue weighted by Gasteiger charge is -2.20. The summed E-state index contributed by atoms with van der Waals surface area (Å²) in [4.78, 5) is 11.3. The molecule has 1 heterocycles. The van der Waals surface area contributed by atoms with Gasteiger partial charge in [-0.3, -0.25) is 4.79 Å². The fourth-order valence-corrected chi connectivity index (χ4v) is 2.65. The molecule has 5 nitrogen and oxygen atoms in total. The Morgan fingerprint density at radius 1 is 1.38 bits per heavy atom. The van der Waals surface area contributed by atoms with Crippen LogP contribution in [0.3, 0.4) is 0 Å². The van der Waals surface area contributed by atoms with Crippen LogP contribution in [-0.4, -0.2) is 29.4 Å². The Labute approximate surface area is 128 Å². The molecule has 0 saturated carbocycles. The van der Waals surface area contributed by atoms with Gasteiger partial charge < -0.3 is 19.7 Å². The highest BCUT2D eigenvalue weighted by Gasteiger charge is 2.29. The molecular formula is C15H19ClO5. The number of ether oxygens (including phenoxy) is 2. The first-order valence-electron chi connectivity index (χ1n) is 7.04. The van der Waals surface area contributed by atoms with Gasteiger partial charge in [-0.25, -0.2) is 0 Å². The Morgan fingerprint density at radius 2 is 2.10 bits per heavy atom. The van der Waals surface area contributed by atoms with Crippen LogP contribution in [0.15, 0.2) is 12.1 Å². The van der Waals surface area contributed by atoms with Gasteiger partial charge in [0.2, 0.25) is 0 Å². The van der Waals surface area contributed by atoms with Crippen molar-refractivity contribution in [3.8, 4) is 11.5 Å². The summed E-state index contributed by atoms with van der Waals surface area (Å²) in [6.07, 6.45) is 0.683. The van der Waals surface area contributed by atoms with Crippen LogP contribution in [-0.2, 0) is 4.79 Å². The van der Waals surface area contributed by atoms with E-state index >= 15 is 0 Å². The van der Waals surface area contributed by atoms with Crippen molar-refractivity contribution < 1.29 is 24.5 Å². The first kappa shape index (κ1) is 15.9. The summed E-state index contributed by atoms with van der Waals surface area (Å²) in [5.74, 6) is -0.981. The number of aliphatic carboxylic acids is 1. The van der Waals surface area contributed by atoms with Gasteiger partial charge in [0.15, 0.2) is 11.5 Å². The zero-order chi connectivity index (χ0) is 15.4. The van der Waals surface area contributed by atoms with Gasteiger partial charge in [0, 0.05) is 6.42 Å². The maximum atomic E-state index is 11.3.